The van der Waals surface area contributed by atoms with Gasteiger partial charge in [0.1, 0.15) is 0 Å². The number of hydrogen-bond acceptors (Lipinski definition) is 1. The lowest BCUT2D eigenvalue weighted by Crippen LogP contribution is -2.43. The fourth-order valence-electron chi connectivity index (χ4n) is 3.66. The van der Waals surface area contributed by atoms with Gasteiger partial charge in [0.2, 0.25) is 0 Å². The molecule has 0 aromatic carbocycles. The molecule has 0 aromatic heterocycles. The van der Waals surface area contributed by atoms with Crippen molar-refractivity contribution in [2.24, 2.45) is 10.8 Å². The van der Waals surface area contributed by atoms with Crippen molar-refractivity contribution < 1.29 is 0 Å². The Morgan fingerprint density at radius 1 is 0.850 bits per heavy atom. The smallest absolute Gasteiger partial charge is 0.0658 e. The minimum atomic E-state index is -0.930. The van der Waals surface area contributed by atoms with Crippen LogP contribution in [0.1, 0.15) is 67.2 Å². The first-order chi connectivity index (χ1) is 9.08. The third-order valence-corrected chi connectivity index (χ3v) is 7.64. The molecule has 2 rings (SSSR count). The van der Waals surface area contributed by atoms with Gasteiger partial charge in [0, 0.05) is 25.2 Å². The highest BCUT2D eigenvalue weighted by molar-refractivity contribution is 8.03. The van der Waals surface area contributed by atoms with Crippen molar-refractivity contribution in [1.29, 1.82) is 0 Å². The highest BCUT2D eigenvalue weighted by Gasteiger charge is 2.45. The van der Waals surface area contributed by atoms with Crippen molar-refractivity contribution in [1.82, 2.24) is 9.34 Å². The molecule has 118 valence electrons. The molecule has 2 nitrogen and oxygen atoms in total. The van der Waals surface area contributed by atoms with E-state index in [2.05, 4.69) is 50.9 Å². The van der Waals surface area contributed by atoms with Crippen molar-refractivity contribution in [3.05, 3.63) is 0 Å². The van der Waals surface area contributed by atoms with E-state index < -0.39 is 7.00 Å². The first-order valence-electron chi connectivity index (χ1n) is 8.16. The Balaban J connectivity index is 2.20. The quantitative estimate of drug-likeness (QED) is 0.692. The third kappa shape index (κ3) is 4.06. The van der Waals surface area contributed by atoms with Gasteiger partial charge in [-0.05, 0) is 23.7 Å². The molecule has 2 fully saturated rings. The van der Waals surface area contributed by atoms with Crippen LogP contribution in [0.2, 0.25) is 0 Å². The van der Waals surface area contributed by atoms with Crippen LogP contribution in [0.3, 0.4) is 0 Å². The average molecular weight is 316 g/mol. The fraction of sp³-hybridized carbons (Fsp3) is 1.00. The summed E-state index contributed by atoms with van der Waals surface area (Å²) in [5.74, 6) is 0. The van der Waals surface area contributed by atoms with Crippen LogP contribution >= 0.6 is 7.00 Å². The Morgan fingerprint density at radius 3 is 1.50 bits per heavy atom. The van der Waals surface area contributed by atoms with E-state index in [1.54, 1.807) is 0 Å². The van der Waals surface area contributed by atoms with Gasteiger partial charge in [0.25, 0.3) is 0 Å². The maximum absolute atomic E-state index is 6.05. The van der Waals surface area contributed by atoms with E-state index in [9.17, 15) is 0 Å². The molecule has 0 N–H and O–H groups in total. The zero-order valence-electron chi connectivity index (χ0n) is 14.2. The second kappa shape index (κ2) is 5.99. The van der Waals surface area contributed by atoms with E-state index in [0.29, 0.717) is 10.8 Å². The van der Waals surface area contributed by atoms with Crippen molar-refractivity contribution in [3.63, 3.8) is 0 Å². The number of fused-ring (bicyclic) bond motifs is 1. The van der Waals surface area contributed by atoms with Crippen LogP contribution in [0, 0.1) is 10.8 Å². The highest BCUT2D eigenvalue weighted by Crippen LogP contribution is 2.52. The van der Waals surface area contributed by atoms with Crippen LogP contribution in [-0.2, 0) is 11.8 Å². The van der Waals surface area contributed by atoms with Gasteiger partial charge in [-0.1, -0.05) is 66.2 Å². The SMILES string of the molecule is CC(C)(C)CN1[C@@H]2CCCC[C@H]2N(CC(C)(C)C)[PH]1=S. The molecule has 0 radical (unpaired) electrons. The molecule has 0 amide bonds. The Hall–Kier alpha value is 0.570. The molecule has 2 aliphatic rings. The van der Waals surface area contributed by atoms with Gasteiger partial charge in [-0.15, -0.1) is 0 Å². The molecule has 4 heteroatoms. The normalized spacial score (nSPS) is 30.7. The zero-order valence-corrected chi connectivity index (χ0v) is 16.0. The lowest BCUT2D eigenvalue weighted by Gasteiger charge is -2.35. The molecule has 1 aliphatic carbocycles. The summed E-state index contributed by atoms with van der Waals surface area (Å²) in [5.41, 5.74) is 0.711. The van der Waals surface area contributed by atoms with Gasteiger partial charge in [-0.3, -0.25) is 9.34 Å². The van der Waals surface area contributed by atoms with E-state index >= 15 is 0 Å². The number of nitrogens with zero attached hydrogens (tertiary/aromatic N) is 2. The molecule has 1 heterocycles. The van der Waals surface area contributed by atoms with Crippen molar-refractivity contribution in [3.8, 4) is 0 Å². The van der Waals surface area contributed by atoms with E-state index in [1.165, 1.54) is 38.8 Å². The second-order valence-electron chi connectivity index (χ2n) is 9.08. The molecule has 1 saturated carbocycles. The monoisotopic (exact) mass is 316 g/mol. The predicted octanol–water partition coefficient (Wildman–Crippen LogP) is 4.51. The van der Waals surface area contributed by atoms with Crippen LogP contribution in [-0.4, -0.2) is 34.5 Å². The van der Waals surface area contributed by atoms with Gasteiger partial charge in [0.15, 0.2) is 0 Å². The molecule has 0 unspecified atom stereocenters. The lowest BCUT2D eigenvalue weighted by atomic mass is 9.87. The Kier molecular flexibility index (Phi) is 5.07. The highest BCUT2D eigenvalue weighted by atomic mass is 32.4. The summed E-state index contributed by atoms with van der Waals surface area (Å²) in [5, 5.41) is 0. The van der Waals surface area contributed by atoms with Crippen molar-refractivity contribution in [2.75, 3.05) is 13.1 Å². The van der Waals surface area contributed by atoms with Gasteiger partial charge in [-0.2, -0.15) is 0 Å². The zero-order chi connectivity index (χ0) is 15.1. The number of rotatable bonds is 2. The summed E-state index contributed by atoms with van der Waals surface area (Å²) in [6.07, 6.45) is 5.53. The van der Waals surface area contributed by atoms with E-state index in [-0.39, 0.29) is 0 Å². The Bertz CT molecular complexity index is 336. The van der Waals surface area contributed by atoms with Gasteiger partial charge >= 0.3 is 0 Å². The van der Waals surface area contributed by atoms with E-state index in [0.717, 1.165) is 12.1 Å². The topological polar surface area (TPSA) is 6.48 Å². The maximum Gasteiger partial charge on any atom is 0.0658 e. The molecule has 0 bridgehead atoms. The molecule has 0 aromatic rings. The first-order valence-corrected chi connectivity index (χ1v) is 10.7. The minimum absolute atomic E-state index is 0.356. The van der Waals surface area contributed by atoms with Gasteiger partial charge in [0.05, 0.1) is 7.00 Å². The molecule has 1 saturated heterocycles. The van der Waals surface area contributed by atoms with Crippen LogP contribution in [0.4, 0.5) is 0 Å². The molecule has 0 spiro atoms. The number of hydrogen-bond donors (Lipinski definition) is 0. The van der Waals surface area contributed by atoms with Crippen LogP contribution in [0.25, 0.3) is 0 Å². The predicted molar refractivity (Wildman–Crippen MR) is 94.0 cm³/mol. The molecule has 2 atom stereocenters. The van der Waals surface area contributed by atoms with E-state index in [1.807, 2.05) is 0 Å². The van der Waals surface area contributed by atoms with Crippen molar-refractivity contribution in [2.45, 2.75) is 79.3 Å². The summed E-state index contributed by atoms with van der Waals surface area (Å²) in [4.78, 5) is 0. The minimum Gasteiger partial charge on any atom is -0.261 e. The Morgan fingerprint density at radius 2 is 1.20 bits per heavy atom. The standard InChI is InChI=1S/C16H33N2PS/c1-15(2,3)11-17-13-9-7-8-10-14(13)18(19(17)20)12-16(4,5)6/h13-14,19H,7-12H2,1-6H3/t13-,14-/m1/s1. The van der Waals surface area contributed by atoms with Crippen LogP contribution in [0.15, 0.2) is 0 Å². The van der Waals surface area contributed by atoms with E-state index in [4.69, 9.17) is 11.8 Å². The first kappa shape index (κ1) is 16.9. The third-order valence-electron chi connectivity index (χ3n) is 4.28. The summed E-state index contributed by atoms with van der Waals surface area (Å²) < 4.78 is 5.46. The average Bonchev–Trinajstić information content (AvgIpc) is 2.52. The summed E-state index contributed by atoms with van der Waals surface area (Å²) in [7, 11) is 0. The second-order valence-corrected chi connectivity index (χ2v) is 11.9. The van der Waals surface area contributed by atoms with Crippen molar-refractivity contribution >= 4 is 18.8 Å². The maximum atomic E-state index is 6.05. The lowest BCUT2D eigenvalue weighted by molar-refractivity contribution is 0.159. The molecule has 1 aliphatic heterocycles. The molecular weight excluding hydrogens is 283 g/mol. The van der Waals surface area contributed by atoms with Gasteiger partial charge < -0.3 is 0 Å². The largest absolute Gasteiger partial charge is 0.261 e. The fourth-order valence-corrected chi connectivity index (χ4v) is 7.58. The van der Waals surface area contributed by atoms with Crippen LogP contribution < -0.4 is 0 Å². The molecule has 20 heavy (non-hydrogen) atoms. The molecular formula is C16H33N2PS. The van der Waals surface area contributed by atoms with Crippen LogP contribution in [0.5, 0.6) is 0 Å². The van der Waals surface area contributed by atoms with Gasteiger partial charge in [-0.25, -0.2) is 0 Å². The summed E-state index contributed by atoms with van der Waals surface area (Å²) >= 11 is 6.05. The summed E-state index contributed by atoms with van der Waals surface area (Å²) in [6.45, 7) is 15.5. The Labute approximate surface area is 131 Å². The summed E-state index contributed by atoms with van der Waals surface area (Å²) in [6, 6.07) is 1.49.